The van der Waals surface area contributed by atoms with E-state index < -0.39 is 0 Å². The van der Waals surface area contributed by atoms with Crippen molar-refractivity contribution < 1.29 is 9.53 Å². The van der Waals surface area contributed by atoms with Crippen LogP contribution in [0.25, 0.3) is 0 Å². The first kappa shape index (κ1) is 18.6. The van der Waals surface area contributed by atoms with Crippen molar-refractivity contribution in [3.8, 4) is 0 Å². The number of esters is 1. The Labute approximate surface area is 136 Å². The number of ether oxygens (including phenoxy) is 1. The molecular formula is C16H26N2O3S. The summed E-state index contributed by atoms with van der Waals surface area (Å²) in [5.41, 5.74) is -0.207. The third-order valence-electron chi connectivity index (χ3n) is 3.52. The zero-order valence-corrected chi connectivity index (χ0v) is 14.6. The molecule has 1 aromatic rings. The minimum atomic E-state index is -0.207. The van der Waals surface area contributed by atoms with Crippen LogP contribution in [0.1, 0.15) is 40.5 Å². The number of hydrogen-bond acceptors (Lipinski definition) is 4. The Morgan fingerprint density at radius 1 is 1.36 bits per heavy atom. The molecule has 1 unspecified atom stereocenters. The molecule has 1 N–H and O–H groups in total. The molecule has 0 aromatic carbocycles. The zero-order valence-electron chi connectivity index (χ0n) is 13.8. The Hall–Kier alpha value is -1.43. The molecule has 1 atom stereocenters. The summed E-state index contributed by atoms with van der Waals surface area (Å²) in [5, 5.41) is 0. The molecule has 0 aliphatic rings. The molecule has 0 spiro atoms. The summed E-state index contributed by atoms with van der Waals surface area (Å²) in [6.07, 6.45) is 3.17. The first-order chi connectivity index (χ1) is 10.3. The van der Waals surface area contributed by atoms with Gasteiger partial charge in [-0.2, -0.15) is 0 Å². The summed E-state index contributed by atoms with van der Waals surface area (Å²) in [4.78, 5) is 25.8. The number of aromatic amines is 1. The van der Waals surface area contributed by atoms with Crippen molar-refractivity contribution in [2.45, 2.75) is 47.1 Å². The largest absolute Gasteiger partial charge is 0.465 e. The van der Waals surface area contributed by atoms with Crippen molar-refractivity contribution in [1.29, 1.82) is 0 Å². The van der Waals surface area contributed by atoms with Gasteiger partial charge in [-0.15, -0.1) is 0 Å². The van der Waals surface area contributed by atoms with Crippen LogP contribution in [0.3, 0.4) is 0 Å². The van der Waals surface area contributed by atoms with Crippen LogP contribution in [-0.2, 0) is 16.1 Å². The maximum Gasteiger partial charge on any atom is 0.309 e. The second-order valence-electron chi connectivity index (χ2n) is 6.30. The number of carbonyl (C=O) groups excluding carboxylic acids is 1. The maximum absolute atomic E-state index is 12.1. The highest BCUT2D eigenvalue weighted by Crippen LogP contribution is 2.21. The summed E-state index contributed by atoms with van der Waals surface area (Å²) >= 11 is 5.06. The highest BCUT2D eigenvalue weighted by Gasteiger charge is 2.24. The minimum absolute atomic E-state index is 0.0461. The average Bonchev–Trinajstić information content (AvgIpc) is 2.42. The summed E-state index contributed by atoms with van der Waals surface area (Å²) in [5.74, 6) is 0.589. The molecule has 0 saturated carbocycles. The Morgan fingerprint density at radius 3 is 2.59 bits per heavy atom. The lowest BCUT2D eigenvalue weighted by molar-refractivity contribution is -0.151. The molecule has 0 fully saturated rings. The molecular weight excluding hydrogens is 300 g/mol. The predicted molar refractivity (Wildman–Crippen MR) is 89.2 cm³/mol. The van der Waals surface area contributed by atoms with Crippen LogP contribution >= 0.6 is 12.2 Å². The van der Waals surface area contributed by atoms with E-state index in [0.717, 1.165) is 6.42 Å². The van der Waals surface area contributed by atoms with E-state index in [1.807, 2.05) is 13.8 Å². The predicted octanol–water partition coefficient (Wildman–Crippen LogP) is 3.16. The number of nitrogens with one attached hydrogen (secondary N) is 1. The summed E-state index contributed by atoms with van der Waals surface area (Å²) in [7, 11) is 0. The molecule has 124 valence electrons. The Balaban J connectivity index is 2.44. The van der Waals surface area contributed by atoms with Crippen LogP contribution in [0.15, 0.2) is 17.1 Å². The van der Waals surface area contributed by atoms with Crippen molar-refractivity contribution in [3.05, 3.63) is 27.4 Å². The molecule has 0 bridgehead atoms. The number of H-pyrrole nitrogens is 1. The van der Waals surface area contributed by atoms with Gasteiger partial charge in [0.2, 0.25) is 0 Å². The van der Waals surface area contributed by atoms with Gasteiger partial charge in [0, 0.05) is 18.8 Å². The number of nitrogens with zero attached hydrogens (tertiary/aromatic N) is 1. The fourth-order valence-electron chi connectivity index (χ4n) is 2.28. The van der Waals surface area contributed by atoms with Crippen molar-refractivity contribution in [1.82, 2.24) is 9.55 Å². The van der Waals surface area contributed by atoms with Gasteiger partial charge in [-0.05, 0) is 36.9 Å². The SMILES string of the molecule is CC(C)CC(C(=O)OCCCn1ccc(=O)[nH]c1=S)C(C)C. The number of aromatic nitrogens is 2. The second-order valence-corrected chi connectivity index (χ2v) is 6.69. The average molecular weight is 326 g/mol. The van der Waals surface area contributed by atoms with Crippen LogP contribution in [-0.4, -0.2) is 22.1 Å². The minimum Gasteiger partial charge on any atom is -0.465 e. The monoisotopic (exact) mass is 326 g/mol. The molecule has 0 aliphatic heterocycles. The lowest BCUT2D eigenvalue weighted by atomic mass is 9.88. The van der Waals surface area contributed by atoms with Gasteiger partial charge in [-0.25, -0.2) is 0 Å². The van der Waals surface area contributed by atoms with Crippen molar-refractivity contribution in [3.63, 3.8) is 0 Å². The topological polar surface area (TPSA) is 64.1 Å². The van der Waals surface area contributed by atoms with Gasteiger partial charge in [-0.1, -0.05) is 27.7 Å². The van der Waals surface area contributed by atoms with E-state index in [1.165, 1.54) is 6.07 Å². The van der Waals surface area contributed by atoms with Gasteiger partial charge in [0.1, 0.15) is 0 Å². The Kier molecular flexibility index (Phi) is 7.51. The summed E-state index contributed by atoms with van der Waals surface area (Å²) < 4.78 is 7.54. The van der Waals surface area contributed by atoms with E-state index in [0.29, 0.717) is 30.3 Å². The molecule has 5 nitrogen and oxygen atoms in total. The quantitative estimate of drug-likeness (QED) is 0.453. The van der Waals surface area contributed by atoms with Gasteiger partial charge < -0.3 is 9.30 Å². The van der Waals surface area contributed by atoms with Gasteiger partial charge in [0.15, 0.2) is 4.77 Å². The molecule has 0 radical (unpaired) electrons. The number of hydrogen-bond donors (Lipinski definition) is 1. The van der Waals surface area contributed by atoms with E-state index in [2.05, 4.69) is 18.8 Å². The Bertz CT molecular complexity index is 590. The van der Waals surface area contributed by atoms with Crippen LogP contribution in [0, 0.1) is 22.5 Å². The van der Waals surface area contributed by atoms with Crippen molar-refractivity contribution in [2.75, 3.05) is 6.61 Å². The van der Waals surface area contributed by atoms with Crippen LogP contribution in [0.5, 0.6) is 0 Å². The molecule has 0 amide bonds. The maximum atomic E-state index is 12.1. The smallest absolute Gasteiger partial charge is 0.309 e. The Morgan fingerprint density at radius 2 is 2.05 bits per heavy atom. The highest BCUT2D eigenvalue weighted by molar-refractivity contribution is 7.71. The van der Waals surface area contributed by atoms with Crippen LogP contribution in [0.4, 0.5) is 0 Å². The molecule has 1 heterocycles. The second kappa shape index (κ2) is 8.88. The van der Waals surface area contributed by atoms with Crippen molar-refractivity contribution in [2.24, 2.45) is 17.8 Å². The van der Waals surface area contributed by atoms with E-state index in [-0.39, 0.29) is 23.4 Å². The van der Waals surface area contributed by atoms with E-state index >= 15 is 0 Å². The van der Waals surface area contributed by atoms with E-state index in [9.17, 15) is 9.59 Å². The third kappa shape index (κ3) is 6.13. The standard InChI is InChI=1S/C16H26N2O3S/c1-11(2)10-13(12(3)4)15(20)21-9-5-7-18-8-6-14(19)17-16(18)22/h6,8,11-13H,5,7,9-10H2,1-4H3,(H,17,19,22). The van der Waals surface area contributed by atoms with E-state index in [4.69, 9.17) is 17.0 Å². The number of aryl methyl sites for hydroxylation is 1. The van der Waals surface area contributed by atoms with Crippen molar-refractivity contribution >= 4 is 18.2 Å². The van der Waals surface area contributed by atoms with Crippen LogP contribution < -0.4 is 5.56 Å². The number of carbonyl (C=O) groups is 1. The normalized spacial score (nSPS) is 12.6. The molecule has 0 aliphatic carbocycles. The van der Waals surface area contributed by atoms with Gasteiger partial charge >= 0.3 is 5.97 Å². The molecule has 1 aromatic heterocycles. The fraction of sp³-hybridized carbons (Fsp3) is 0.688. The van der Waals surface area contributed by atoms with Gasteiger partial charge in [0.05, 0.1) is 12.5 Å². The lowest BCUT2D eigenvalue weighted by Gasteiger charge is -2.21. The molecule has 1 rings (SSSR count). The molecule has 6 heteroatoms. The lowest BCUT2D eigenvalue weighted by Crippen LogP contribution is -2.25. The number of rotatable bonds is 8. The first-order valence-corrected chi connectivity index (χ1v) is 8.18. The first-order valence-electron chi connectivity index (χ1n) is 7.77. The van der Waals surface area contributed by atoms with Gasteiger partial charge in [0.25, 0.3) is 5.56 Å². The third-order valence-corrected chi connectivity index (χ3v) is 3.85. The molecule has 22 heavy (non-hydrogen) atoms. The fourth-order valence-corrected chi connectivity index (χ4v) is 2.54. The van der Waals surface area contributed by atoms with E-state index in [1.54, 1.807) is 10.8 Å². The summed E-state index contributed by atoms with van der Waals surface area (Å²) in [6.45, 7) is 9.30. The highest BCUT2D eigenvalue weighted by atomic mass is 32.1. The van der Waals surface area contributed by atoms with Gasteiger partial charge in [-0.3, -0.25) is 14.6 Å². The molecule has 0 saturated heterocycles. The zero-order chi connectivity index (χ0) is 16.7. The van der Waals surface area contributed by atoms with Crippen LogP contribution in [0.2, 0.25) is 0 Å². The summed E-state index contributed by atoms with van der Waals surface area (Å²) in [6, 6.07) is 1.43.